The molecule has 4 heterocycles. The number of alkyl carbamates (subject to hydrolysis) is 1. The zero-order valence-corrected chi connectivity index (χ0v) is 32.0. The molecule has 11 heteroatoms. The zero-order valence-electron chi connectivity index (χ0n) is 32.0. The van der Waals surface area contributed by atoms with Crippen LogP contribution < -0.4 is 5.32 Å². The molecule has 286 valence electrons. The molecule has 0 aliphatic carbocycles. The van der Waals surface area contributed by atoms with Gasteiger partial charge in [-0.15, -0.1) is 0 Å². The maximum atomic E-state index is 13.9. The summed E-state index contributed by atoms with van der Waals surface area (Å²) in [6.45, 7) is 5.52. The molecule has 56 heavy (non-hydrogen) atoms. The Hall–Kier alpha value is -6.23. The minimum Gasteiger partial charge on any atom is -0.453 e. The summed E-state index contributed by atoms with van der Waals surface area (Å²) < 4.78 is 4.83. The first-order chi connectivity index (χ1) is 27.2. The van der Waals surface area contributed by atoms with E-state index in [9.17, 15) is 14.4 Å². The number of carbonyl (C=O) groups is 3. The third kappa shape index (κ3) is 7.53. The molecule has 0 bridgehead atoms. The van der Waals surface area contributed by atoms with Gasteiger partial charge in [-0.05, 0) is 76.8 Å². The molecule has 3 amide bonds. The minimum atomic E-state index is -0.866. The molecular formula is C45H47N7O4. The molecule has 2 aliphatic heterocycles. The number of ether oxygens (including phenoxy) is 1. The molecule has 3 N–H and O–H groups in total. The SMILES string of the molecule is COC(=O)NC(C(=O)N1CCC[C@H]1c1ncc(-c2ccc(-c3ccc4cc(-c5cnc(C6CCCN6C(=O)CC(C)C)[nH]5)ccc4c3)cc2)[nH]1)c1ccccc1. The van der Waals surface area contributed by atoms with E-state index in [0.29, 0.717) is 24.4 Å². The Bertz CT molecular complexity index is 2350. The highest BCUT2D eigenvalue weighted by atomic mass is 16.5. The number of aromatic nitrogens is 4. The topological polar surface area (TPSA) is 136 Å². The molecule has 0 radical (unpaired) electrons. The van der Waals surface area contributed by atoms with Crippen molar-refractivity contribution in [1.29, 1.82) is 0 Å². The summed E-state index contributed by atoms with van der Waals surface area (Å²) in [5.74, 6) is 1.92. The molecule has 2 aliphatic rings. The molecule has 4 aromatic carbocycles. The summed E-state index contributed by atoms with van der Waals surface area (Å²) in [6.07, 6.45) is 7.13. The first-order valence-corrected chi connectivity index (χ1v) is 19.5. The summed E-state index contributed by atoms with van der Waals surface area (Å²) in [7, 11) is 1.29. The number of fused-ring (bicyclic) bond motifs is 1. The predicted molar refractivity (Wildman–Crippen MR) is 216 cm³/mol. The van der Waals surface area contributed by atoms with Crippen LogP contribution in [-0.4, -0.2) is 67.8 Å². The second-order valence-corrected chi connectivity index (χ2v) is 15.2. The van der Waals surface area contributed by atoms with Gasteiger partial charge in [0.05, 0.1) is 43.0 Å². The number of nitrogens with zero attached hydrogens (tertiary/aromatic N) is 4. The third-order valence-corrected chi connectivity index (χ3v) is 11.0. The van der Waals surface area contributed by atoms with Crippen molar-refractivity contribution in [2.45, 2.75) is 64.1 Å². The van der Waals surface area contributed by atoms with Crippen LogP contribution in [0.15, 0.2) is 103 Å². The van der Waals surface area contributed by atoms with Gasteiger partial charge in [0.25, 0.3) is 5.91 Å². The molecule has 6 aromatic rings. The number of hydrogen-bond donors (Lipinski definition) is 3. The zero-order chi connectivity index (χ0) is 38.8. The highest BCUT2D eigenvalue weighted by Gasteiger charge is 2.37. The van der Waals surface area contributed by atoms with E-state index in [1.54, 1.807) is 4.90 Å². The van der Waals surface area contributed by atoms with Crippen molar-refractivity contribution in [3.8, 4) is 33.6 Å². The van der Waals surface area contributed by atoms with Gasteiger partial charge in [-0.3, -0.25) is 9.59 Å². The van der Waals surface area contributed by atoms with Gasteiger partial charge < -0.3 is 29.8 Å². The Morgan fingerprint density at radius 2 is 1.29 bits per heavy atom. The molecule has 0 spiro atoms. The van der Waals surface area contributed by atoms with Crippen molar-refractivity contribution < 1.29 is 19.1 Å². The number of hydrogen-bond acceptors (Lipinski definition) is 6. The van der Waals surface area contributed by atoms with Crippen LogP contribution in [0.4, 0.5) is 4.79 Å². The van der Waals surface area contributed by atoms with Crippen molar-refractivity contribution >= 4 is 28.7 Å². The normalized spacial score (nSPS) is 17.4. The molecule has 11 nitrogen and oxygen atoms in total. The van der Waals surface area contributed by atoms with E-state index in [1.807, 2.05) is 47.6 Å². The van der Waals surface area contributed by atoms with E-state index in [1.165, 1.54) is 7.11 Å². The van der Waals surface area contributed by atoms with E-state index >= 15 is 0 Å². The number of rotatable bonds is 10. The first-order valence-electron chi connectivity index (χ1n) is 19.5. The van der Waals surface area contributed by atoms with Crippen molar-refractivity contribution in [2.75, 3.05) is 20.2 Å². The highest BCUT2D eigenvalue weighted by molar-refractivity contribution is 5.91. The fourth-order valence-corrected chi connectivity index (χ4v) is 8.15. The number of nitrogens with one attached hydrogen (secondary N) is 3. The monoisotopic (exact) mass is 749 g/mol. The number of imidazole rings is 2. The van der Waals surface area contributed by atoms with Crippen LogP contribution in [0.5, 0.6) is 0 Å². The van der Waals surface area contributed by atoms with Crippen molar-refractivity contribution in [3.63, 3.8) is 0 Å². The molecular weight excluding hydrogens is 703 g/mol. The molecule has 8 rings (SSSR count). The molecule has 2 fully saturated rings. The summed E-state index contributed by atoms with van der Waals surface area (Å²) in [4.78, 5) is 59.2. The largest absolute Gasteiger partial charge is 0.453 e. The number of carbonyl (C=O) groups excluding carboxylic acids is 3. The second kappa shape index (κ2) is 15.9. The Kier molecular flexibility index (Phi) is 10.4. The van der Waals surface area contributed by atoms with Gasteiger partial charge in [-0.1, -0.05) is 92.7 Å². The molecule has 2 aromatic heterocycles. The van der Waals surface area contributed by atoms with Crippen LogP contribution >= 0.6 is 0 Å². The van der Waals surface area contributed by atoms with Crippen molar-refractivity contribution in [2.24, 2.45) is 5.92 Å². The average Bonchev–Trinajstić information content (AvgIpc) is 4.06. The fraction of sp³-hybridized carbons (Fsp3) is 0.311. The number of likely N-dealkylation sites (tertiary alicyclic amines) is 2. The number of H-pyrrole nitrogens is 2. The van der Waals surface area contributed by atoms with Gasteiger partial charge in [-0.25, -0.2) is 14.8 Å². The van der Waals surface area contributed by atoms with E-state index in [0.717, 1.165) is 88.3 Å². The lowest BCUT2D eigenvalue weighted by atomic mass is 9.98. The minimum absolute atomic E-state index is 0.00417. The van der Waals surface area contributed by atoms with Gasteiger partial charge in [0.15, 0.2) is 0 Å². The Morgan fingerprint density at radius 1 is 0.732 bits per heavy atom. The third-order valence-electron chi connectivity index (χ3n) is 11.0. The molecule has 3 atom stereocenters. The van der Waals surface area contributed by atoms with Crippen LogP contribution in [0.1, 0.15) is 81.3 Å². The standard InChI is InChI=1S/C45H47N7O4/c1-28(2)23-40(53)51-21-7-11-38(51)42-47-27-37(49-42)35-20-19-33-24-32(17-18-34(33)25-35)29-13-15-30(16-14-29)36-26-46-43(48-36)39-12-8-22-52(39)44(54)41(50-45(55)56-3)31-9-5-4-6-10-31/h4-6,9-10,13-20,24-28,38-39,41H,7-8,11-12,21-23H2,1-3H3,(H,46,48)(H,47,49)(H,50,55)/t38?,39-,41?/m0/s1. The van der Waals surface area contributed by atoms with Gasteiger partial charge in [-0.2, -0.15) is 0 Å². The number of aromatic amines is 2. The van der Waals surface area contributed by atoms with Gasteiger partial charge in [0, 0.05) is 25.1 Å². The Morgan fingerprint density at radius 3 is 1.93 bits per heavy atom. The fourth-order valence-electron chi connectivity index (χ4n) is 8.15. The van der Waals surface area contributed by atoms with Gasteiger partial charge >= 0.3 is 6.09 Å². The van der Waals surface area contributed by atoms with Crippen LogP contribution in [0.25, 0.3) is 44.4 Å². The summed E-state index contributed by atoms with van der Waals surface area (Å²) in [5, 5.41) is 5.00. The van der Waals surface area contributed by atoms with Crippen molar-refractivity contribution in [1.82, 2.24) is 35.1 Å². The predicted octanol–water partition coefficient (Wildman–Crippen LogP) is 8.76. The maximum absolute atomic E-state index is 13.9. The van der Waals surface area contributed by atoms with E-state index < -0.39 is 12.1 Å². The average molecular weight is 750 g/mol. The Balaban J connectivity index is 0.952. The molecule has 2 saturated heterocycles. The van der Waals surface area contributed by atoms with Crippen LogP contribution in [0.2, 0.25) is 0 Å². The van der Waals surface area contributed by atoms with E-state index in [2.05, 4.69) is 89.8 Å². The number of benzene rings is 4. The van der Waals surface area contributed by atoms with Crippen LogP contribution in [-0.2, 0) is 14.3 Å². The lowest BCUT2D eigenvalue weighted by Crippen LogP contribution is -2.42. The molecule has 2 unspecified atom stereocenters. The quantitative estimate of drug-likeness (QED) is 0.128. The van der Waals surface area contributed by atoms with Crippen LogP contribution in [0, 0.1) is 5.92 Å². The van der Waals surface area contributed by atoms with Gasteiger partial charge in [0.1, 0.15) is 17.7 Å². The number of methoxy groups -OCH3 is 1. The lowest BCUT2D eigenvalue weighted by molar-refractivity contribution is -0.135. The Labute approximate surface area is 326 Å². The maximum Gasteiger partial charge on any atom is 0.407 e. The van der Waals surface area contributed by atoms with E-state index in [-0.39, 0.29) is 23.9 Å². The lowest BCUT2D eigenvalue weighted by Gasteiger charge is -2.28. The van der Waals surface area contributed by atoms with Gasteiger partial charge in [0.2, 0.25) is 5.91 Å². The summed E-state index contributed by atoms with van der Waals surface area (Å²) in [5.41, 5.74) is 6.78. The van der Waals surface area contributed by atoms with Crippen molar-refractivity contribution in [3.05, 3.63) is 121 Å². The van der Waals surface area contributed by atoms with Crippen LogP contribution in [0.3, 0.4) is 0 Å². The first kappa shape index (κ1) is 36.7. The molecule has 0 saturated carbocycles. The second-order valence-electron chi connectivity index (χ2n) is 15.2. The smallest absolute Gasteiger partial charge is 0.407 e. The summed E-state index contributed by atoms with van der Waals surface area (Å²) in [6, 6.07) is 29.5. The highest BCUT2D eigenvalue weighted by Crippen LogP contribution is 2.36. The van der Waals surface area contributed by atoms with E-state index in [4.69, 9.17) is 14.7 Å². The number of amides is 3. The summed E-state index contributed by atoms with van der Waals surface area (Å²) >= 11 is 0.